The molecule has 0 unspecified atom stereocenters. The maximum absolute atomic E-state index is 12.2. The molecule has 1 heterocycles. The number of nitrogens with zero attached hydrogens (tertiary/aromatic N) is 2. The Bertz CT molecular complexity index is 726. The average Bonchev–Trinajstić information content (AvgIpc) is 2.80. The lowest BCUT2D eigenvalue weighted by atomic mass is 10.3. The molecule has 0 spiro atoms. The number of sulfonamides is 1. The largest absolute Gasteiger partial charge is 0.258 e. The summed E-state index contributed by atoms with van der Waals surface area (Å²) in [5, 5.41) is 4.61. The molecule has 1 N–H and O–H groups in total. The molecule has 0 aliphatic rings. The Morgan fingerprint density at radius 2 is 1.95 bits per heavy atom. The maximum atomic E-state index is 12.2. The van der Waals surface area contributed by atoms with Crippen LogP contribution in [0.4, 0.5) is 0 Å². The highest BCUT2D eigenvalue weighted by Gasteiger charge is 2.22. The van der Waals surface area contributed by atoms with E-state index in [9.17, 15) is 8.42 Å². The predicted octanol–water partition coefficient (Wildman–Crippen LogP) is 2.87. The third-order valence-corrected chi connectivity index (χ3v) is 4.88. The Hall–Kier alpha value is -1.08. The fourth-order valence-corrected chi connectivity index (χ4v) is 3.43. The van der Waals surface area contributed by atoms with Gasteiger partial charge in [-0.2, -0.15) is 5.10 Å². The minimum absolute atomic E-state index is 0.00960. The van der Waals surface area contributed by atoms with E-state index in [4.69, 9.17) is 23.2 Å². The van der Waals surface area contributed by atoms with E-state index in [1.165, 1.54) is 16.9 Å². The molecule has 5 nitrogen and oxygen atoms in total. The van der Waals surface area contributed by atoms with Crippen LogP contribution in [0.2, 0.25) is 10.0 Å². The van der Waals surface area contributed by atoms with Gasteiger partial charge in [0.15, 0.2) is 5.03 Å². The highest BCUT2D eigenvalue weighted by molar-refractivity contribution is 7.89. The molecule has 108 valence electrons. The quantitative estimate of drug-likeness (QED) is 0.935. The molecule has 0 saturated carbocycles. The topological polar surface area (TPSA) is 64.0 Å². The smallest absolute Gasteiger partial charge is 0.219 e. The second-order valence-corrected chi connectivity index (χ2v) is 6.88. The van der Waals surface area contributed by atoms with E-state index in [1.54, 1.807) is 32.0 Å². The Morgan fingerprint density at radius 1 is 1.25 bits per heavy atom. The van der Waals surface area contributed by atoms with Crippen LogP contribution in [0, 0.1) is 0 Å². The normalized spacial score (nSPS) is 12.1. The Balaban J connectivity index is 2.57. The molecule has 0 saturated heterocycles. The van der Waals surface area contributed by atoms with Crippen LogP contribution < -0.4 is 4.72 Å². The number of rotatable bonds is 4. The maximum Gasteiger partial charge on any atom is 0.258 e. The van der Waals surface area contributed by atoms with Crippen LogP contribution in [0.25, 0.3) is 5.69 Å². The van der Waals surface area contributed by atoms with Crippen LogP contribution in [0.15, 0.2) is 35.5 Å². The van der Waals surface area contributed by atoms with Crippen molar-refractivity contribution in [2.24, 2.45) is 0 Å². The molecule has 0 fully saturated rings. The lowest BCUT2D eigenvalue weighted by Gasteiger charge is -2.12. The van der Waals surface area contributed by atoms with Crippen molar-refractivity contribution in [2.75, 3.05) is 0 Å². The van der Waals surface area contributed by atoms with Gasteiger partial charge in [-0.15, -0.1) is 0 Å². The molecular weight excluding hydrogens is 321 g/mol. The Labute approximate surface area is 127 Å². The van der Waals surface area contributed by atoms with Crippen molar-refractivity contribution in [1.29, 1.82) is 0 Å². The second kappa shape index (κ2) is 5.73. The van der Waals surface area contributed by atoms with E-state index >= 15 is 0 Å². The van der Waals surface area contributed by atoms with E-state index in [1.807, 2.05) is 0 Å². The summed E-state index contributed by atoms with van der Waals surface area (Å²) in [6.07, 6.45) is 1.39. The number of halogens is 2. The van der Waals surface area contributed by atoms with Gasteiger partial charge in [0, 0.05) is 6.04 Å². The van der Waals surface area contributed by atoms with Crippen molar-refractivity contribution in [3.8, 4) is 5.69 Å². The number of benzene rings is 1. The summed E-state index contributed by atoms with van der Waals surface area (Å²) >= 11 is 12.0. The van der Waals surface area contributed by atoms with Crippen molar-refractivity contribution in [3.05, 3.63) is 40.5 Å². The molecule has 0 atom stereocenters. The fourth-order valence-electron chi connectivity index (χ4n) is 1.70. The highest BCUT2D eigenvalue weighted by atomic mass is 35.5. The summed E-state index contributed by atoms with van der Waals surface area (Å²) in [4.78, 5) is 0. The van der Waals surface area contributed by atoms with Crippen LogP contribution >= 0.6 is 23.2 Å². The van der Waals surface area contributed by atoms with Crippen LogP contribution in [0.5, 0.6) is 0 Å². The molecule has 8 heteroatoms. The van der Waals surface area contributed by atoms with E-state index in [0.29, 0.717) is 10.7 Å². The summed E-state index contributed by atoms with van der Waals surface area (Å²) in [6, 6.07) is 6.13. The minimum atomic E-state index is -3.68. The molecule has 0 amide bonds. The molecular formula is C12H13Cl2N3O2S. The standard InChI is InChI=1S/C12H13Cl2N3O2S/c1-8(2)16-20(18,19)11-6-7-15-17(11)10-5-3-4-9(13)12(10)14/h3-8,16H,1-2H3. The van der Waals surface area contributed by atoms with E-state index in [2.05, 4.69) is 9.82 Å². The minimum Gasteiger partial charge on any atom is -0.219 e. The summed E-state index contributed by atoms with van der Waals surface area (Å²) < 4.78 is 28.2. The molecule has 0 aliphatic carbocycles. The summed E-state index contributed by atoms with van der Waals surface area (Å²) in [5.41, 5.74) is 0.410. The first-order chi connectivity index (χ1) is 9.33. The average molecular weight is 334 g/mol. The molecule has 0 bridgehead atoms. The van der Waals surface area contributed by atoms with Gasteiger partial charge >= 0.3 is 0 Å². The van der Waals surface area contributed by atoms with E-state index in [0.717, 1.165) is 0 Å². The summed E-state index contributed by atoms with van der Waals surface area (Å²) in [5.74, 6) is 0. The molecule has 2 rings (SSSR count). The lowest BCUT2D eigenvalue weighted by molar-refractivity contribution is 0.560. The van der Waals surface area contributed by atoms with Gasteiger partial charge in [0.25, 0.3) is 10.0 Å². The highest BCUT2D eigenvalue weighted by Crippen LogP contribution is 2.29. The van der Waals surface area contributed by atoms with Crippen LogP contribution in [-0.4, -0.2) is 24.2 Å². The Kier molecular flexibility index (Phi) is 4.39. The first-order valence-electron chi connectivity index (χ1n) is 5.83. The first-order valence-corrected chi connectivity index (χ1v) is 8.07. The third kappa shape index (κ3) is 2.98. The van der Waals surface area contributed by atoms with Crippen molar-refractivity contribution < 1.29 is 8.42 Å². The van der Waals surface area contributed by atoms with Gasteiger partial charge in [0.05, 0.1) is 21.9 Å². The van der Waals surface area contributed by atoms with Crippen molar-refractivity contribution in [3.63, 3.8) is 0 Å². The van der Waals surface area contributed by atoms with Crippen LogP contribution in [0.1, 0.15) is 13.8 Å². The second-order valence-electron chi connectivity index (χ2n) is 4.43. The fraction of sp³-hybridized carbons (Fsp3) is 0.250. The van der Waals surface area contributed by atoms with Gasteiger partial charge in [0.1, 0.15) is 0 Å². The zero-order valence-corrected chi connectivity index (χ0v) is 13.2. The molecule has 0 aliphatic heterocycles. The summed E-state index contributed by atoms with van der Waals surface area (Å²) in [7, 11) is -3.68. The SMILES string of the molecule is CC(C)NS(=O)(=O)c1ccnn1-c1cccc(Cl)c1Cl. The predicted molar refractivity (Wildman–Crippen MR) is 79.0 cm³/mol. The van der Waals surface area contributed by atoms with Crippen molar-refractivity contribution in [2.45, 2.75) is 24.9 Å². The first kappa shape index (κ1) is 15.3. The lowest BCUT2D eigenvalue weighted by Crippen LogP contribution is -2.31. The van der Waals surface area contributed by atoms with Crippen molar-refractivity contribution >= 4 is 33.2 Å². The monoisotopic (exact) mass is 333 g/mol. The zero-order valence-electron chi connectivity index (χ0n) is 10.8. The Morgan fingerprint density at radius 3 is 2.60 bits per heavy atom. The van der Waals surface area contributed by atoms with Crippen LogP contribution in [0.3, 0.4) is 0 Å². The molecule has 20 heavy (non-hydrogen) atoms. The van der Waals surface area contributed by atoms with Crippen LogP contribution in [-0.2, 0) is 10.0 Å². The van der Waals surface area contributed by atoms with E-state index < -0.39 is 10.0 Å². The zero-order chi connectivity index (χ0) is 14.9. The van der Waals surface area contributed by atoms with Crippen molar-refractivity contribution in [1.82, 2.24) is 14.5 Å². The van der Waals surface area contributed by atoms with Gasteiger partial charge in [0.2, 0.25) is 0 Å². The van der Waals surface area contributed by atoms with Gasteiger partial charge in [-0.1, -0.05) is 29.3 Å². The molecule has 1 aromatic heterocycles. The number of nitrogens with one attached hydrogen (secondary N) is 1. The third-order valence-electron chi connectivity index (χ3n) is 2.43. The summed E-state index contributed by atoms with van der Waals surface area (Å²) in [6.45, 7) is 3.48. The van der Waals surface area contributed by atoms with Gasteiger partial charge in [-0.3, -0.25) is 0 Å². The number of hydrogen-bond acceptors (Lipinski definition) is 3. The molecule has 2 aromatic rings. The number of aromatic nitrogens is 2. The van der Waals surface area contributed by atoms with Gasteiger partial charge in [-0.05, 0) is 32.0 Å². The number of hydrogen-bond donors (Lipinski definition) is 1. The van der Waals surface area contributed by atoms with E-state index in [-0.39, 0.29) is 16.1 Å². The van der Waals surface area contributed by atoms with Gasteiger partial charge in [-0.25, -0.2) is 17.8 Å². The van der Waals surface area contributed by atoms with Gasteiger partial charge < -0.3 is 0 Å². The molecule has 0 radical (unpaired) electrons. The molecule has 1 aromatic carbocycles.